The zero-order valence-corrected chi connectivity index (χ0v) is 11.4. The van der Waals surface area contributed by atoms with Crippen LogP contribution in [0.3, 0.4) is 0 Å². The summed E-state index contributed by atoms with van der Waals surface area (Å²) in [6.07, 6.45) is 1.91. The highest BCUT2D eigenvalue weighted by molar-refractivity contribution is 5.85. The molecule has 1 aliphatic rings. The van der Waals surface area contributed by atoms with Gasteiger partial charge in [-0.25, -0.2) is 0 Å². The van der Waals surface area contributed by atoms with E-state index in [0.717, 1.165) is 36.3 Å². The number of rotatable bonds is 3. The van der Waals surface area contributed by atoms with Gasteiger partial charge in [-0.05, 0) is 12.1 Å². The first-order chi connectivity index (χ1) is 8.93. The van der Waals surface area contributed by atoms with Crippen LogP contribution >= 0.6 is 12.4 Å². The highest BCUT2D eigenvalue weighted by atomic mass is 35.5. The van der Waals surface area contributed by atoms with Crippen LogP contribution in [0.5, 0.6) is 5.75 Å². The van der Waals surface area contributed by atoms with Crippen LogP contribution in [-0.4, -0.2) is 37.4 Å². The smallest absolute Gasteiger partial charge is 0.145 e. The summed E-state index contributed by atoms with van der Waals surface area (Å²) in [4.78, 5) is 4.36. The summed E-state index contributed by atoms with van der Waals surface area (Å²) in [6, 6.07) is 9.94. The Morgan fingerprint density at radius 3 is 3.05 bits per heavy atom. The Morgan fingerprint density at radius 2 is 2.21 bits per heavy atom. The molecule has 5 heteroatoms. The molecule has 0 saturated carbocycles. The fourth-order valence-corrected chi connectivity index (χ4v) is 2.10. The number of halogens is 1. The number of para-hydroxylation sites is 1. The topological polar surface area (TPSA) is 43.4 Å². The quantitative estimate of drug-likeness (QED) is 0.934. The number of nitrogens with zero attached hydrogens (tertiary/aromatic N) is 1. The zero-order valence-electron chi connectivity index (χ0n) is 10.5. The summed E-state index contributed by atoms with van der Waals surface area (Å²) in [5.41, 5.74) is 0.906. The number of nitrogens with one attached hydrogen (secondary N) is 1. The summed E-state index contributed by atoms with van der Waals surface area (Å²) in [5, 5.41) is 4.38. The van der Waals surface area contributed by atoms with E-state index < -0.39 is 0 Å². The van der Waals surface area contributed by atoms with Crippen molar-refractivity contribution in [3.63, 3.8) is 0 Å². The summed E-state index contributed by atoms with van der Waals surface area (Å²) in [5.74, 6) is 0.822. The van der Waals surface area contributed by atoms with Gasteiger partial charge in [0.05, 0.1) is 6.61 Å². The second-order valence-electron chi connectivity index (χ2n) is 4.34. The van der Waals surface area contributed by atoms with Crippen LogP contribution in [0.1, 0.15) is 0 Å². The monoisotopic (exact) mass is 280 g/mol. The lowest BCUT2D eigenvalue weighted by Crippen LogP contribution is -2.41. The Balaban J connectivity index is 0.00000133. The lowest BCUT2D eigenvalue weighted by Gasteiger charge is -2.23. The lowest BCUT2D eigenvalue weighted by atomic mass is 10.2. The normalized spacial score (nSPS) is 18.8. The summed E-state index contributed by atoms with van der Waals surface area (Å²) >= 11 is 0. The first-order valence-corrected chi connectivity index (χ1v) is 6.22. The van der Waals surface area contributed by atoms with E-state index in [1.54, 1.807) is 6.20 Å². The number of pyridine rings is 1. The second-order valence-corrected chi connectivity index (χ2v) is 4.34. The van der Waals surface area contributed by atoms with Crippen LogP contribution in [0.2, 0.25) is 0 Å². The Hall–Kier alpha value is -1.36. The molecule has 1 saturated heterocycles. The summed E-state index contributed by atoms with van der Waals surface area (Å²) in [6.45, 7) is 3.08. The van der Waals surface area contributed by atoms with E-state index >= 15 is 0 Å². The van der Waals surface area contributed by atoms with Crippen molar-refractivity contribution in [1.82, 2.24) is 10.3 Å². The average molecular weight is 281 g/mol. The third kappa shape index (κ3) is 3.35. The predicted molar refractivity (Wildman–Crippen MR) is 77.1 cm³/mol. The van der Waals surface area contributed by atoms with Crippen molar-refractivity contribution in [1.29, 1.82) is 0 Å². The molecule has 0 aliphatic carbocycles. The molecular formula is C14H17ClN2O2. The highest BCUT2D eigenvalue weighted by Gasteiger charge is 2.14. The minimum absolute atomic E-state index is 0. The number of hydrogen-bond donors (Lipinski definition) is 1. The Morgan fingerprint density at radius 1 is 1.32 bits per heavy atom. The number of aromatic nitrogens is 1. The highest BCUT2D eigenvalue weighted by Crippen LogP contribution is 2.23. The number of benzene rings is 1. The number of ether oxygens (including phenoxy) is 2. The Kier molecular flexibility index (Phi) is 4.96. The maximum atomic E-state index is 5.83. The van der Waals surface area contributed by atoms with E-state index in [9.17, 15) is 0 Å². The lowest BCUT2D eigenvalue weighted by molar-refractivity contribution is 0.000476. The number of hydrogen-bond acceptors (Lipinski definition) is 4. The van der Waals surface area contributed by atoms with Crippen LogP contribution in [0, 0.1) is 0 Å². The van der Waals surface area contributed by atoms with Gasteiger partial charge < -0.3 is 14.8 Å². The van der Waals surface area contributed by atoms with E-state index in [-0.39, 0.29) is 18.5 Å². The Labute approximate surface area is 118 Å². The molecule has 1 unspecified atom stereocenters. The van der Waals surface area contributed by atoms with Crippen molar-refractivity contribution < 1.29 is 9.47 Å². The molecule has 0 bridgehead atoms. The van der Waals surface area contributed by atoms with Gasteiger partial charge in [0.15, 0.2) is 0 Å². The van der Waals surface area contributed by atoms with Crippen LogP contribution in [-0.2, 0) is 4.74 Å². The first kappa shape index (κ1) is 14.1. The summed E-state index contributed by atoms with van der Waals surface area (Å²) < 4.78 is 11.4. The molecule has 102 valence electrons. The van der Waals surface area contributed by atoms with Crippen molar-refractivity contribution in [2.24, 2.45) is 0 Å². The molecule has 1 fully saturated rings. The molecule has 1 aromatic carbocycles. The van der Waals surface area contributed by atoms with E-state index in [1.807, 2.05) is 30.3 Å². The fraction of sp³-hybridized carbons (Fsp3) is 0.357. The maximum Gasteiger partial charge on any atom is 0.145 e. The van der Waals surface area contributed by atoms with Crippen molar-refractivity contribution in [3.8, 4) is 5.75 Å². The maximum absolute atomic E-state index is 5.83. The molecule has 1 N–H and O–H groups in total. The average Bonchev–Trinajstić information content (AvgIpc) is 2.46. The van der Waals surface area contributed by atoms with Crippen molar-refractivity contribution in [2.75, 3.05) is 26.3 Å². The molecule has 1 atom stereocenters. The fourth-order valence-electron chi connectivity index (χ4n) is 2.10. The van der Waals surface area contributed by atoms with E-state index in [1.165, 1.54) is 0 Å². The standard InChI is InChI=1S/C14H16N2O2.ClH/c1-3-11-4-2-6-16-14(11)13(5-1)18-10-12-9-15-7-8-17-12;/h1-6,12,15H,7-10H2;1H. The molecular weight excluding hydrogens is 264 g/mol. The first-order valence-electron chi connectivity index (χ1n) is 6.22. The van der Waals surface area contributed by atoms with Gasteiger partial charge in [0.1, 0.15) is 24.0 Å². The largest absolute Gasteiger partial charge is 0.489 e. The number of morpholine rings is 1. The van der Waals surface area contributed by atoms with Gasteiger partial charge in [-0.1, -0.05) is 18.2 Å². The van der Waals surface area contributed by atoms with Gasteiger partial charge in [-0.2, -0.15) is 0 Å². The molecule has 4 nitrogen and oxygen atoms in total. The minimum atomic E-state index is 0. The zero-order chi connectivity index (χ0) is 12.2. The van der Waals surface area contributed by atoms with Crippen molar-refractivity contribution in [2.45, 2.75) is 6.10 Å². The van der Waals surface area contributed by atoms with Crippen LogP contribution in [0.25, 0.3) is 10.9 Å². The summed E-state index contributed by atoms with van der Waals surface area (Å²) in [7, 11) is 0. The SMILES string of the molecule is Cl.c1cnc2c(OCC3CNCCO3)cccc2c1. The molecule has 1 aliphatic heterocycles. The number of fused-ring (bicyclic) bond motifs is 1. The van der Waals surface area contributed by atoms with Gasteiger partial charge >= 0.3 is 0 Å². The minimum Gasteiger partial charge on any atom is -0.489 e. The predicted octanol–water partition coefficient (Wildman–Crippen LogP) is 2.02. The molecule has 0 radical (unpaired) electrons. The van der Waals surface area contributed by atoms with E-state index in [0.29, 0.717) is 6.61 Å². The third-order valence-corrected chi connectivity index (χ3v) is 3.02. The molecule has 1 aromatic heterocycles. The van der Waals surface area contributed by atoms with Crippen LogP contribution in [0.4, 0.5) is 0 Å². The molecule has 2 aromatic rings. The van der Waals surface area contributed by atoms with Gasteiger partial charge in [0.2, 0.25) is 0 Å². The molecule has 19 heavy (non-hydrogen) atoms. The van der Waals surface area contributed by atoms with Crippen molar-refractivity contribution >= 4 is 23.3 Å². The van der Waals surface area contributed by atoms with Gasteiger partial charge in [0.25, 0.3) is 0 Å². The second kappa shape index (κ2) is 6.70. The van der Waals surface area contributed by atoms with Crippen LogP contribution < -0.4 is 10.1 Å². The third-order valence-electron chi connectivity index (χ3n) is 3.02. The molecule has 0 amide bonds. The van der Waals surface area contributed by atoms with E-state index in [4.69, 9.17) is 9.47 Å². The van der Waals surface area contributed by atoms with Gasteiger partial charge in [0, 0.05) is 24.7 Å². The van der Waals surface area contributed by atoms with Crippen LogP contribution in [0.15, 0.2) is 36.5 Å². The molecule has 3 rings (SSSR count). The van der Waals surface area contributed by atoms with Crippen molar-refractivity contribution in [3.05, 3.63) is 36.5 Å². The molecule has 2 heterocycles. The molecule has 0 spiro atoms. The van der Waals surface area contributed by atoms with E-state index in [2.05, 4.69) is 10.3 Å². The van der Waals surface area contributed by atoms with Gasteiger partial charge in [-0.15, -0.1) is 12.4 Å². The Bertz CT molecular complexity index is 524. The van der Waals surface area contributed by atoms with Gasteiger partial charge in [-0.3, -0.25) is 4.98 Å².